The van der Waals surface area contributed by atoms with Crippen LogP contribution in [0.15, 0.2) is 0 Å². The van der Waals surface area contributed by atoms with Gasteiger partial charge < -0.3 is 23.7 Å². The molecule has 3 aliphatic rings. The summed E-state index contributed by atoms with van der Waals surface area (Å²) >= 11 is 0. The van der Waals surface area contributed by atoms with Crippen LogP contribution in [0.1, 0.15) is 27.7 Å². The molecule has 6 nitrogen and oxygen atoms in total. The van der Waals surface area contributed by atoms with Crippen LogP contribution in [0.2, 0.25) is 0 Å². The third-order valence-corrected chi connectivity index (χ3v) is 3.33. The quantitative estimate of drug-likeness (QED) is 0.641. The van der Waals surface area contributed by atoms with Gasteiger partial charge in [-0.05, 0) is 27.7 Å². The lowest BCUT2D eigenvalue weighted by molar-refractivity contribution is -0.200. The van der Waals surface area contributed by atoms with Crippen molar-refractivity contribution in [3.63, 3.8) is 0 Å². The van der Waals surface area contributed by atoms with Gasteiger partial charge in [0, 0.05) is 0 Å². The number of hydrogen-bond acceptors (Lipinski definition) is 6. The Bertz CT molecular complexity index is 377. The van der Waals surface area contributed by atoms with Crippen LogP contribution in [0.25, 0.3) is 0 Å². The van der Waals surface area contributed by atoms with E-state index in [0.29, 0.717) is 6.61 Å². The van der Waals surface area contributed by atoms with E-state index in [0.717, 1.165) is 0 Å². The summed E-state index contributed by atoms with van der Waals surface area (Å²) in [6, 6.07) is 0. The summed E-state index contributed by atoms with van der Waals surface area (Å²) in [6.45, 7) is 7.61. The minimum Gasteiger partial charge on any atom is -0.455 e. The van der Waals surface area contributed by atoms with Gasteiger partial charge in [-0.15, -0.1) is 0 Å². The van der Waals surface area contributed by atoms with Crippen molar-refractivity contribution in [3.05, 3.63) is 0 Å². The Balaban J connectivity index is 1.77. The third kappa shape index (κ3) is 1.93. The Morgan fingerprint density at radius 1 is 1.00 bits per heavy atom. The molecule has 0 aromatic rings. The zero-order chi connectivity index (χ0) is 13.1. The maximum Gasteiger partial charge on any atom is 0.338 e. The first-order valence-corrected chi connectivity index (χ1v) is 6.15. The molecule has 3 heterocycles. The van der Waals surface area contributed by atoms with Gasteiger partial charge in [0.1, 0.15) is 12.2 Å². The highest BCUT2D eigenvalue weighted by Crippen LogP contribution is 2.39. The molecule has 0 N–H and O–H groups in total. The van der Waals surface area contributed by atoms with Crippen molar-refractivity contribution in [2.45, 2.75) is 63.7 Å². The third-order valence-electron chi connectivity index (χ3n) is 3.33. The van der Waals surface area contributed by atoms with Gasteiger partial charge in [0.25, 0.3) is 0 Å². The monoisotopic (exact) mass is 258 g/mol. The molecule has 0 spiro atoms. The largest absolute Gasteiger partial charge is 0.455 e. The summed E-state index contributed by atoms with van der Waals surface area (Å²) in [4.78, 5) is 11.7. The zero-order valence-corrected chi connectivity index (χ0v) is 11.0. The van der Waals surface area contributed by atoms with Gasteiger partial charge >= 0.3 is 5.97 Å². The summed E-state index contributed by atoms with van der Waals surface area (Å²) in [6.07, 6.45) is -1.85. The minimum atomic E-state index is -0.762. The van der Waals surface area contributed by atoms with Crippen molar-refractivity contribution in [2.24, 2.45) is 0 Å². The van der Waals surface area contributed by atoms with Gasteiger partial charge in [0.05, 0.1) is 6.61 Å². The van der Waals surface area contributed by atoms with Crippen LogP contribution >= 0.6 is 0 Å². The Morgan fingerprint density at radius 2 is 1.72 bits per heavy atom. The first-order valence-electron chi connectivity index (χ1n) is 6.15. The molecule has 4 atom stereocenters. The molecule has 0 aliphatic carbocycles. The Kier molecular flexibility index (Phi) is 2.51. The van der Waals surface area contributed by atoms with Crippen LogP contribution in [0.5, 0.6) is 0 Å². The van der Waals surface area contributed by atoms with E-state index in [2.05, 4.69) is 0 Å². The standard InChI is InChI=1S/C12H18O6/c1-11(2)14-5-6(16-11)7-8-9(10(13)15-7)18-12(3,4)17-8/h6-9H,5H2,1-4H3/t6?,7-,8+,9+/m0/s1. The van der Waals surface area contributed by atoms with Crippen molar-refractivity contribution in [2.75, 3.05) is 6.61 Å². The second-order valence-electron chi connectivity index (χ2n) is 5.79. The number of carbonyl (C=O) groups is 1. The number of carbonyl (C=O) groups excluding carboxylic acids is 1. The predicted octanol–water partition coefficient (Wildman–Crippen LogP) is 0.583. The van der Waals surface area contributed by atoms with E-state index in [-0.39, 0.29) is 12.1 Å². The molecular weight excluding hydrogens is 240 g/mol. The molecule has 3 fully saturated rings. The summed E-state index contributed by atoms with van der Waals surface area (Å²) in [5.41, 5.74) is 0. The molecule has 3 rings (SSSR count). The molecule has 102 valence electrons. The van der Waals surface area contributed by atoms with E-state index in [1.807, 2.05) is 13.8 Å². The van der Waals surface area contributed by atoms with E-state index < -0.39 is 29.9 Å². The van der Waals surface area contributed by atoms with Gasteiger partial charge in [0.15, 0.2) is 23.8 Å². The normalized spacial score (nSPS) is 45.0. The van der Waals surface area contributed by atoms with E-state index in [4.69, 9.17) is 23.7 Å². The minimum absolute atomic E-state index is 0.309. The highest BCUT2D eigenvalue weighted by Gasteiger charge is 2.59. The van der Waals surface area contributed by atoms with Crippen LogP contribution in [0, 0.1) is 0 Å². The first-order chi connectivity index (χ1) is 8.27. The number of fused-ring (bicyclic) bond motifs is 1. The fourth-order valence-electron chi connectivity index (χ4n) is 2.64. The molecular formula is C12H18O6. The van der Waals surface area contributed by atoms with Crippen molar-refractivity contribution in [3.8, 4) is 0 Å². The summed E-state index contributed by atoms with van der Waals surface area (Å²) < 4.78 is 27.8. The molecule has 0 aromatic heterocycles. The van der Waals surface area contributed by atoms with Gasteiger partial charge in [0.2, 0.25) is 0 Å². The second-order valence-corrected chi connectivity index (χ2v) is 5.79. The Hall–Kier alpha value is -0.690. The summed E-state index contributed by atoms with van der Waals surface area (Å²) in [5.74, 6) is -1.80. The highest BCUT2D eigenvalue weighted by atomic mass is 16.8. The lowest BCUT2D eigenvalue weighted by Gasteiger charge is -2.25. The van der Waals surface area contributed by atoms with Gasteiger partial charge in [-0.1, -0.05) is 0 Å². The van der Waals surface area contributed by atoms with Crippen LogP contribution in [-0.2, 0) is 28.5 Å². The molecule has 0 saturated carbocycles. The smallest absolute Gasteiger partial charge is 0.338 e. The topological polar surface area (TPSA) is 63.2 Å². The van der Waals surface area contributed by atoms with Crippen molar-refractivity contribution in [1.82, 2.24) is 0 Å². The van der Waals surface area contributed by atoms with Crippen molar-refractivity contribution >= 4 is 5.97 Å². The van der Waals surface area contributed by atoms with Gasteiger partial charge in [-0.3, -0.25) is 0 Å². The molecule has 6 heteroatoms. The lowest BCUT2D eigenvalue weighted by atomic mass is 10.1. The summed E-state index contributed by atoms with van der Waals surface area (Å²) in [7, 11) is 0. The lowest BCUT2D eigenvalue weighted by Crippen LogP contribution is -2.40. The highest BCUT2D eigenvalue weighted by molar-refractivity contribution is 5.78. The van der Waals surface area contributed by atoms with Crippen LogP contribution in [0.4, 0.5) is 0 Å². The predicted molar refractivity (Wildman–Crippen MR) is 58.6 cm³/mol. The van der Waals surface area contributed by atoms with Crippen LogP contribution < -0.4 is 0 Å². The average Bonchev–Trinajstić information content (AvgIpc) is 2.81. The number of rotatable bonds is 1. The molecule has 1 unspecified atom stereocenters. The fourth-order valence-corrected chi connectivity index (χ4v) is 2.64. The Morgan fingerprint density at radius 3 is 2.33 bits per heavy atom. The molecule has 0 amide bonds. The van der Waals surface area contributed by atoms with Crippen molar-refractivity contribution in [1.29, 1.82) is 0 Å². The molecule has 0 aromatic carbocycles. The van der Waals surface area contributed by atoms with Gasteiger partial charge in [-0.2, -0.15) is 0 Å². The van der Waals surface area contributed by atoms with Crippen LogP contribution in [0.3, 0.4) is 0 Å². The molecule has 0 radical (unpaired) electrons. The van der Waals surface area contributed by atoms with Crippen LogP contribution in [-0.4, -0.2) is 48.6 Å². The number of hydrogen-bond donors (Lipinski definition) is 0. The molecule has 18 heavy (non-hydrogen) atoms. The second kappa shape index (κ2) is 3.66. The first kappa shape index (κ1) is 12.3. The average molecular weight is 258 g/mol. The number of cyclic esters (lactones) is 1. The van der Waals surface area contributed by atoms with E-state index in [1.165, 1.54) is 0 Å². The Labute approximate surface area is 105 Å². The van der Waals surface area contributed by atoms with Crippen molar-refractivity contribution < 1.29 is 28.5 Å². The zero-order valence-electron chi connectivity index (χ0n) is 11.0. The molecule has 0 bridgehead atoms. The maximum absolute atomic E-state index is 11.7. The van der Waals surface area contributed by atoms with E-state index >= 15 is 0 Å². The fraction of sp³-hybridized carbons (Fsp3) is 0.917. The molecule has 3 aliphatic heterocycles. The van der Waals surface area contributed by atoms with Gasteiger partial charge in [-0.25, -0.2) is 4.79 Å². The van der Waals surface area contributed by atoms with E-state index in [1.54, 1.807) is 13.8 Å². The molecule has 3 saturated heterocycles. The number of ether oxygens (including phenoxy) is 5. The van der Waals surface area contributed by atoms with E-state index in [9.17, 15) is 4.79 Å². The SMILES string of the molecule is CC1(C)OCC([C@@H]2OC(=O)[C@@H]3OC(C)(C)O[C@@H]32)O1. The number of esters is 1. The summed E-state index contributed by atoms with van der Waals surface area (Å²) in [5, 5.41) is 0. The maximum atomic E-state index is 11.7.